The third kappa shape index (κ3) is 3.46. The highest BCUT2D eigenvalue weighted by molar-refractivity contribution is 5.63. The normalized spacial score (nSPS) is 11.9. The highest BCUT2D eigenvalue weighted by Crippen LogP contribution is 2.35. The van der Waals surface area contributed by atoms with Gasteiger partial charge in [-0.25, -0.2) is 4.98 Å². The van der Waals surface area contributed by atoms with Crippen molar-refractivity contribution in [2.45, 2.75) is 6.92 Å². The molecular formula is C19H18N4O3. The molecule has 0 bridgehead atoms. The molecule has 3 aromatic rings. The van der Waals surface area contributed by atoms with Crippen molar-refractivity contribution < 1.29 is 14.2 Å². The van der Waals surface area contributed by atoms with Crippen LogP contribution in [0.4, 0.5) is 23.1 Å². The Hall–Kier alpha value is -3.48. The van der Waals surface area contributed by atoms with Crippen molar-refractivity contribution >= 4 is 23.1 Å². The van der Waals surface area contributed by atoms with Crippen LogP contribution in [-0.4, -0.2) is 23.9 Å². The summed E-state index contributed by atoms with van der Waals surface area (Å²) < 4.78 is 15.9. The van der Waals surface area contributed by atoms with E-state index < -0.39 is 0 Å². The lowest BCUT2D eigenvalue weighted by molar-refractivity contribution is 0.174. The monoisotopic (exact) mass is 350 g/mol. The second-order valence-electron chi connectivity index (χ2n) is 5.76. The molecule has 2 aromatic carbocycles. The van der Waals surface area contributed by atoms with E-state index in [2.05, 4.69) is 20.6 Å². The van der Waals surface area contributed by atoms with Gasteiger partial charge in [0.05, 0.1) is 7.11 Å². The van der Waals surface area contributed by atoms with Crippen LogP contribution in [0.15, 0.2) is 48.5 Å². The lowest BCUT2D eigenvalue weighted by Gasteiger charge is -2.11. The zero-order valence-electron chi connectivity index (χ0n) is 14.4. The molecule has 0 fully saturated rings. The number of anilines is 4. The maximum absolute atomic E-state index is 5.40. The number of fused-ring (bicyclic) bond motifs is 1. The lowest BCUT2D eigenvalue weighted by atomic mass is 10.2. The molecule has 0 amide bonds. The Morgan fingerprint density at radius 2 is 1.65 bits per heavy atom. The van der Waals surface area contributed by atoms with E-state index >= 15 is 0 Å². The van der Waals surface area contributed by atoms with Gasteiger partial charge in [-0.3, -0.25) is 0 Å². The van der Waals surface area contributed by atoms with Crippen molar-refractivity contribution in [1.29, 1.82) is 0 Å². The van der Waals surface area contributed by atoms with Crippen LogP contribution in [-0.2, 0) is 0 Å². The number of hydrogen-bond donors (Lipinski definition) is 2. The number of aryl methyl sites for hydroxylation is 1. The zero-order valence-corrected chi connectivity index (χ0v) is 14.4. The fourth-order valence-electron chi connectivity index (χ4n) is 2.61. The van der Waals surface area contributed by atoms with E-state index in [1.807, 2.05) is 55.5 Å². The first-order valence-corrected chi connectivity index (χ1v) is 8.13. The average molecular weight is 350 g/mol. The Kier molecular flexibility index (Phi) is 4.18. The third-order valence-electron chi connectivity index (χ3n) is 3.85. The van der Waals surface area contributed by atoms with Crippen LogP contribution < -0.4 is 24.8 Å². The fourth-order valence-corrected chi connectivity index (χ4v) is 2.61. The smallest absolute Gasteiger partial charge is 0.231 e. The van der Waals surface area contributed by atoms with Gasteiger partial charge in [0.25, 0.3) is 0 Å². The van der Waals surface area contributed by atoms with Gasteiger partial charge in [-0.05, 0) is 43.3 Å². The Labute approximate surface area is 151 Å². The topological polar surface area (TPSA) is 77.5 Å². The number of methoxy groups -OCH3 is 1. The maximum Gasteiger partial charge on any atom is 0.231 e. The molecule has 0 spiro atoms. The molecule has 2 N–H and O–H groups in total. The first kappa shape index (κ1) is 16.0. The van der Waals surface area contributed by atoms with E-state index in [-0.39, 0.29) is 6.79 Å². The fraction of sp³-hybridized carbons (Fsp3) is 0.158. The summed E-state index contributed by atoms with van der Waals surface area (Å²) in [4.78, 5) is 8.96. The minimum absolute atomic E-state index is 0.251. The Morgan fingerprint density at radius 3 is 2.46 bits per heavy atom. The summed E-state index contributed by atoms with van der Waals surface area (Å²) in [6.45, 7) is 2.17. The third-order valence-corrected chi connectivity index (χ3v) is 3.85. The molecule has 1 aliphatic rings. The molecular weight excluding hydrogens is 332 g/mol. The molecule has 0 unspecified atom stereocenters. The van der Waals surface area contributed by atoms with Crippen molar-refractivity contribution in [1.82, 2.24) is 9.97 Å². The number of aromatic nitrogens is 2. The second-order valence-corrected chi connectivity index (χ2v) is 5.76. The van der Waals surface area contributed by atoms with Gasteiger partial charge < -0.3 is 24.8 Å². The first-order chi connectivity index (χ1) is 12.7. The van der Waals surface area contributed by atoms with Crippen LogP contribution >= 0.6 is 0 Å². The number of ether oxygens (including phenoxy) is 3. The summed E-state index contributed by atoms with van der Waals surface area (Å²) in [6, 6.07) is 15.1. The Bertz CT molecular complexity index is 929. The highest BCUT2D eigenvalue weighted by Gasteiger charge is 2.13. The van der Waals surface area contributed by atoms with Gasteiger partial charge in [0.15, 0.2) is 11.5 Å². The first-order valence-electron chi connectivity index (χ1n) is 8.13. The number of rotatable bonds is 5. The molecule has 132 valence electrons. The summed E-state index contributed by atoms with van der Waals surface area (Å²) in [5, 5.41) is 6.47. The molecule has 0 saturated heterocycles. The van der Waals surface area contributed by atoms with Crippen LogP contribution in [0, 0.1) is 6.92 Å². The van der Waals surface area contributed by atoms with Crippen LogP contribution in [0.25, 0.3) is 0 Å². The molecule has 0 radical (unpaired) electrons. The predicted octanol–water partition coefficient (Wildman–Crippen LogP) is 4.01. The van der Waals surface area contributed by atoms with Crippen LogP contribution in [0.3, 0.4) is 0 Å². The van der Waals surface area contributed by atoms with Crippen molar-refractivity contribution in [2.75, 3.05) is 24.5 Å². The predicted molar refractivity (Wildman–Crippen MR) is 98.9 cm³/mol. The minimum atomic E-state index is 0.251. The number of benzene rings is 2. The van der Waals surface area contributed by atoms with Gasteiger partial charge in [-0.2, -0.15) is 4.98 Å². The molecule has 2 heterocycles. The van der Waals surface area contributed by atoms with Gasteiger partial charge in [-0.15, -0.1) is 0 Å². The summed E-state index contributed by atoms with van der Waals surface area (Å²) in [7, 11) is 1.64. The van der Waals surface area contributed by atoms with E-state index in [0.29, 0.717) is 11.8 Å². The quantitative estimate of drug-likeness (QED) is 0.720. The van der Waals surface area contributed by atoms with Crippen molar-refractivity contribution in [2.24, 2.45) is 0 Å². The SMILES string of the molecule is COc1ccc(Nc2nc(C)cc(Nc3ccc4c(c3)OCO4)n2)cc1. The maximum atomic E-state index is 5.40. The molecule has 26 heavy (non-hydrogen) atoms. The molecule has 0 atom stereocenters. The summed E-state index contributed by atoms with van der Waals surface area (Å²) >= 11 is 0. The van der Waals surface area contributed by atoms with Gasteiger partial charge in [0, 0.05) is 29.2 Å². The summed E-state index contributed by atoms with van der Waals surface area (Å²) in [5.41, 5.74) is 2.59. The Morgan fingerprint density at radius 1 is 0.885 bits per heavy atom. The van der Waals surface area contributed by atoms with Crippen molar-refractivity contribution in [3.63, 3.8) is 0 Å². The number of nitrogens with zero attached hydrogens (tertiary/aromatic N) is 2. The highest BCUT2D eigenvalue weighted by atomic mass is 16.7. The van der Waals surface area contributed by atoms with E-state index in [0.717, 1.165) is 34.3 Å². The number of hydrogen-bond acceptors (Lipinski definition) is 7. The van der Waals surface area contributed by atoms with Crippen molar-refractivity contribution in [3.8, 4) is 17.2 Å². The van der Waals surface area contributed by atoms with E-state index in [1.165, 1.54) is 0 Å². The molecule has 4 rings (SSSR count). The minimum Gasteiger partial charge on any atom is -0.497 e. The van der Waals surface area contributed by atoms with Crippen molar-refractivity contribution in [3.05, 3.63) is 54.2 Å². The summed E-state index contributed by atoms with van der Waals surface area (Å²) in [6.07, 6.45) is 0. The largest absolute Gasteiger partial charge is 0.497 e. The van der Waals surface area contributed by atoms with Gasteiger partial charge in [0.2, 0.25) is 12.7 Å². The molecule has 1 aliphatic heterocycles. The van der Waals surface area contributed by atoms with Gasteiger partial charge in [-0.1, -0.05) is 0 Å². The molecule has 0 saturated carbocycles. The average Bonchev–Trinajstić information content (AvgIpc) is 3.09. The van der Waals surface area contributed by atoms with Crippen LogP contribution in [0.5, 0.6) is 17.2 Å². The van der Waals surface area contributed by atoms with Gasteiger partial charge in [0.1, 0.15) is 11.6 Å². The zero-order chi connectivity index (χ0) is 17.9. The summed E-state index contributed by atoms with van der Waals surface area (Å²) in [5.74, 6) is 3.46. The number of nitrogens with one attached hydrogen (secondary N) is 2. The Balaban J connectivity index is 1.53. The molecule has 7 heteroatoms. The van der Waals surface area contributed by atoms with E-state index in [1.54, 1.807) is 7.11 Å². The van der Waals surface area contributed by atoms with E-state index in [9.17, 15) is 0 Å². The standard InChI is InChI=1S/C19H18N4O3/c1-12-9-18(21-14-5-8-16-17(10-14)26-11-25-16)23-19(20-12)22-13-3-6-15(24-2)7-4-13/h3-10H,11H2,1-2H3,(H2,20,21,22,23). The van der Waals surface area contributed by atoms with E-state index in [4.69, 9.17) is 14.2 Å². The molecule has 1 aromatic heterocycles. The lowest BCUT2D eigenvalue weighted by Crippen LogP contribution is -2.02. The van der Waals surface area contributed by atoms with Crippen LogP contribution in [0.1, 0.15) is 5.69 Å². The van der Waals surface area contributed by atoms with Gasteiger partial charge >= 0.3 is 0 Å². The van der Waals surface area contributed by atoms with Crippen LogP contribution in [0.2, 0.25) is 0 Å². The molecule has 0 aliphatic carbocycles. The molecule has 7 nitrogen and oxygen atoms in total. The second kappa shape index (κ2) is 6.79.